The third-order valence-electron chi connectivity index (χ3n) is 6.32. The van der Waals surface area contributed by atoms with Crippen molar-refractivity contribution in [2.45, 2.75) is 61.9 Å². The van der Waals surface area contributed by atoms with E-state index in [1.165, 1.54) is 19.2 Å². The predicted molar refractivity (Wildman–Crippen MR) is 113 cm³/mol. The van der Waals surface area contributed by atoms with Gasteiger partial charge < -0.3 is 39.7 Å². The second kappa shape index (κ2) is 8.94. The van der Waals surface area contributed by atoms with Crippen molar-refractivity contribution in [3.63, 3.8) is 0 Å². The predicted octanol–water partition coefficient (Wildman–Crippen LogP) is -3.82. The van der Waals surface area contributed by atoms with Gasteiger partial charge in [0, 0.05) is 24.5 Å². The van der Waals surface area contributed by atoms with Gasteiger partial charge in [-0.05, 0) is 13.8 Å². The van der Waals surface area contributed by atoms with E-state index >= 15 is 0 Å². The number of hydrogen-bond donors (Lipinski definition) is 6. The average molecular weight is 498 g/mol. The number of rotatable bonds is 3. The molecule has 8 atom stereocenters. The molecule has 15 heteroatoms. The summed E-state index contributed by atoms with van der Waals surface area (Å²) >= 11 is 0. The van der Waals surface area contributed by atoms with Crippen molar-refractivity contribution in [1.29, 1.82) is 0 Å². The lowest BCUT2D eigenvalue weighted by Gasteiger charge is -2.27. The van der Waals surface area contributed by atoms with Gasteiger partial charge in [0.25, 0.3) is 11.1 Å². The highest BCUT2D eigenvalue weighted by Crippen LogP contribution is 2.46. The minimum atomic E-state index is -1.75. The summed E-state index contributed by atoms with van der Waals surface area (Å²) < 4.78 is 18.8. The van der Waals surface area contributed by atoms with Crippen LogP contribution in [0.3, 0.4) is 0 Å². The van der Waals surface area contributed by atoms with Gasteiger partial charge in [-0.2, -0.15) is 4.98 Å². The topological polar surface area (TPSA) is 219 Å². The number of fused-ring (bicyclic) bond motifs is 3. The SMILES string of the molecule is C[C@@]1(O)[C@H](O)[C@@H](CO)O[C@H]1n1ccc(=O)[nH]c1=O.C[C@@]12Oc3nc(=O)ccn3[C@@H]1O[C@H](CO)[C@H]2O. The zero-order chi connectivity index (χ0) is 25.7. The number of aliphatic hydroxyl groups is 5. The first-order chi connectivity index (χ1) is 16.4. The summed E-state index contributed by atoms with van der Waals surface area (Å²) in [6.07, 6.45) is -3.12. The minimum absolute atomic E-state index is 0.125. The average Bonchev–Trinajstić information content (AvgIpc) is 3.31. The highest BCUT2D eigenvalue weighted by atomic mass is 16.6. The van der Waals surface area contributed by atoms with Gasteiger partial charge in [0.2, 0.25) is 0 Å². The first-order valence-electron chi connectivity index (χ1n) is 10.6. The number of nitrogens with zero attached hydrogens (tertiary/aromatic N) is 3. The molecule has 2 saturated heterocycles. The van der Waals surface area contributed by atoms with E-state index in [9.17, 15) is 29.7 Å². The van der Waals surface area contributed by atoms with Crippen molar-refractivity contribution in [2.75, 3.05) is 13.2 Å². The fraction of sp³-hybridized carbons (Fsp3) is 0.600. The molecule has 0 amide bonds. The van der Waals surface area contributed by atoms with Crippen LogP contribution < -0.4 is 21.5 Å². The van der Waals surface area contributed by atoms with Crippen molar-refractivity contribution in [1.82, 2.24) is 19.1 Å². The van der Waals surface area contributed by atoms with Gasteiger partial charge in [-0.15, -0.1) is 0 Å². The van der Waals surface area contributed by atoms with Gasteiger partial charge >= 0.3 is 11.7 Å². The molecule has 3 aliphatic rings. The third-order valence-corrected chi connectivity index (χ3v) is 6.32. The first kappa shape index (κ1) is 25.2. The minimum Gasteiger partial charge on any atom is -0.450 e. The van der Waals surface area contributed by atoms with E-state index in [1.54, 1.807) is 11.5 Å². The van der Waals surface area contributed by atoms with E-state index in [4.69, 9.17) is 24.4 Å². The Morgan fingerprint density at radius 3 is 2.17 bits per heavy atom. The van der Waals surface area contributed by atoms with Crippen LogP contribution in [0.4, 0.5) is 0 Å². The van der Waals surface area contributed by atoms with Crippen LogP contribution in [-0.4, -0.2) is 93.5 Å². The molecule has 192 valence electrons. The van der Waals surface area contributed by atoms with Crippen molar-refractivity contribution in [3.05, 3.63) is 55.7 Å². The Kier molecular flexibility index (Phi) is 6.43. The number of H-pyrrole nitrogens is 1. The second-order valence-electron chi connectivity index (χ2n) is 8.79. The molecule has 15 nitrogen and oxygen atoms in total. The van der Waals surface area contributed by atoms with Gasteiger partial charge in [0.15, 0.2) is 18.1 Å². The molecule has 0 aliphatic carbocycles. The molecule has 0 unspecified atom stereocenters. The van der Waals surface area contributed by atoms with E-state index in [-0.39, 0.29) is 12.6 Å². The van der Waals surface area contributed by atoms with Crippen molar-refractivity contribution in [2.24, 2.45) is 0 Å². The van der Waals surface area contributed by atoms with Crippen molar-refractivity contribution in [3.8, 4) is 6.01 Å². The van der Waals surface area contributed by atoms with Crippen LogP contribution in [-0.2, 0) is 9.47 Å². The maximum atomic E-state index is 11.6. The van der Waals surface area contributed by atoms with E-state index in [0.29, 0.717) is 0 Å². The molecule has 3 aliphatic heterocycles. The lowest BCUT2D eigenvalue weighted by atomic mass is 9.96. The summed E-state index contributed by atoms with van der Waals surface area (Å²) in [5.41, 5.74) is -4.53. The highest BCUT2D eigenvalue weighted by Gasteiger charge is 2.60. The van der Waals surface area contributed by atoms with Crippen molar-refractivity contribution < 1.29 is 39.7 Å². The summed E-state index contributed by atoms with van der Waals surface area (Å²) in [6.45, 7) is 2.16. The fourth-order valence-corrected chi connectivity index (χ4v) is 4.34. The Balaban J connectivity index is 0.000000165. The molecule has 2 fully saturated rings. The molecule has 2 aromatic rings. The van der Waals surface area contributed by atoms with Crippen LogP contribution in [0.5, 0.6) is 6.01 Å². The van der Waals surface area contributed by atoms with E-state index < -0.39 is 71.5 Å². The van der Waals surface area contributed by atoms with Crippen LogP contribution in [0.2, 0.25) is 0 Å². The number of aliphatic hydroxyl groups excluding tert-OH is 4. The van der Waals surface area contributed by atoms with Crippen LogP contribution in [0.25, 0.3) is 0 Å². The standard InChI is InChI=1S/C10H14N2O6.C10H12N2O5/c1-10(17)7(15)5(4-13)18-8(10)12-3-2-6(14)11-9(12)16;1-10-7(15)5(4-13)16-8(10)12-3-2-6(14)11-9(12)17-10/h2-3,5,7-8,13,15,17H,4H2,1H3,(H,11,14,16);2-3,5,7-8,13,15H,4H2,1H3/t5-,7-,8-,10-;5-,7-,8-,10+/m11/s1. The van der Waals surface area contributed by atoms with E-state index in [2.05, 4.69) is 4.98 Å². The van der Waals surface area contributed by atoms with Crippen LogP contribution in [0.15, 0.2) is 38.9 Å². The van der Waals surface area contributed by atoms with Gasteiger partial charge in [-0.25, -0.2) is 4.79 Å². The van der Waals surface area contributed by atoms with Gasteiger partial charge in [-0.1, -0.05) is 0 Å². The summed E-state index contributed by atoms with van der Waals surface area (Å²) in [5.74, 6) is 0. The summed E-state index contributed by atoms with van der Waals surface area (Å²) in [4.78, 5) is 39.4. The quantitative estimate of drug-likeness (QED) is 0.240. The van der Waals surface area contributed by atoms with Gasteiger partial charge in [0.05, 0.1) is 13.2 Å². The zero-order valence-corrected chi connectivity index (χ0v) is 18.7. The second-order valence-corrected chi connectivity index (χ2v) is 8.79. The lowest BCUT2D eigenvalue weighted by molar-refractivity contribution is -0.0987. The zero-order valence-electron chi connectivity index (χ0n) is 18.7. The molecule has 0 aromatic carbocycles. The Morgan fingerprint density at radius 1 is 0.971 bits per heavy atom. The number of hydrogen-bond acceptors (Lipinski definition) is 12. The van der Waals surface area contributed by atoms with Crippen LogP contribution >= 0.6 is 0 Å². The van der Waals surface area contributed by atoms with Gasteiger partial charge in [-0.3, -0.25) is 23.7 Å². The molecule has 35 heavy (non-hydrogen) atoms. The Hall–Kier alpha value is -2.92. The number of nitrogens with one attached hydrogen (secondary N) is 1. The molecule has 0 spiro atoms. The molecule has 5 heterocycles. The number of ether oxygens (including phenoxy) is 3. The molecule has 0 radical (unpaired) electrons. The highest BCUT2D eigenvalue weighted by molar-refractivity contribution is 5.16. The molecule has 2 aromatic heterocycles. The smallest absolute Gasteiger partial charge is 0.330 e. The Bertz CT molecular complexity index is 1260. The number of aromatic nitrogens is 4. The summed E-state index contributed by atoms with van der Waals surface area (Å²) in [7, 11) is 0. The molecular weight excluding hydrogens is 472 g/mol. The maximum absolute atomic E-state index is 11.6. The normalized spacial score (nSPS) is 37.2. The fourth-order valence-electron chi connectivity index (χ4n) is 4.34. The summed E-state index contributed by atoms with van der Waals surface area (Å²) in [5, 5.41) is 48.0. The molecule has 5 rings (SSSR count). The summed E-state index contributed by atoms with van der Waals surface area (Å²) in [6, 6.07) is 2.51. The van der Waals surface area contributed by atoms with E-state index in [1.807, 2.05) is 4.98 Å². The van der Waals surface area contributed by atoms with Gasteiger partial charge in [0.1, 0.15) is 30.0 Å². The molecular formula is C20H26N4O11. The molecule has 0 bridgehead atoms. The Morgan fingerprint density at radius 2 is 1.57 bits per heavy atom. The monoisotopic (exact) mass is 498 g/mol. The van der Waals surface area contributed by atoms with Crippen LogP contribution in [0.1, 0.15) is 26.3 Å². The van der Waals surface area contributed by atoms with Crippen molar-refractivity contribution >= 4 is 0 Å². The molecule has 0 saturated carbocycles. The third kappa shape index (κ3) is 4.10. The first-order valence-corrected chi connectivity index (χ1v) is 10.6. The maximum Gasteiger partial charge on any atom is 0.330 e. The largest absolute Gasteiger partial charge is 0.450 e. The Labute approximate surface area is 196 Å². The number of aromatic amines is 1. The molecule has 6 N–H and O–H groups in total. The van der Waals surface area contributed by atoms with E-state index in [0.717, 1.165) is 16.8 Å². The van der Waals surface area contributed by atoms with Crippen LogP contribution in [0, 0.1) is 0 Å². The lowest BCUT2D eigenvalue weighted by Crippen LogP contribution is -2.46.